The SMILES string of the molecule is COc1cccc(C(C)C(=O)N2CCC(N3CCNCC3)C2)c1.Cl. The smallest absolute Gasteiger partial charge is 0.229 e. The topological polar surface area (TPSA) is 44.8 Å². The van der Waals surface area contributed by atoms with E-state index in [1.54, 1.807) is 7.11 Å². The number of halogens is 1. The molecule has 0 aliphatic carbocycles. The van der Waals surface area contributed by atoms with E-state index in [0.717, 1.165) is 57.0 Å². The number of rotatable bonds is 4. The van der Waals surface area contributed by atoms with Crippen molar-refractivity contribution in [1.29, 1.82) is 0 Å². The molecule has 0 spiro atoms. The second-order valence-corrected chi connectivity index (χ2v) is 6.51. The Balaban J connectivity index is 0.00000208. The predicted molar refractivity (Wildman–Crippen MR) is 98.1 cm³/mol. The Morgan fingerprint density at radius 1 is 1.29 bits per heavy atom. The molecule has 1 aromatic rings. The van der Waals surface area contributed by atoms with E-state index in [4.69, 9.17) is 4.74 Å². The first-order valence-electron chi connectivity index (χ1n) is 8.56. The van der Waals surface area contributed by atoms with E-state index in [9.17, 15) is 4.79 Å². The number of methoxy groups -OCH3 is 1. The van der Waals surface area contributed by atoms with Crippen molar-refractivity contribution in [2.75, 3.05) is 46.4 Å². The molecule has 3 rings (SSSR count). The molecule has 0 saturated carbocycles. The number of carbonyl (C=O) groups excluding carboxylic acids is 1. The fourth-order valence-corrected chi connectivity index (χ4v) is 3.61. The Morgan fingerprint density at radius 3 is 2.75 bits per heavy atom. The van der Waals surface area contributed by atoms with Crippen molar-refractivity contribution in [3.05, 3.63) is 29.8 Å². The lowest BCUT2D eigenvalue weighted by Crippen LogP contribution is -2.49. The summed E-state index contributed by atoms with van der Waals surface area (Å²) in [6, 6.07) is 8.36. The number of nitrogens with zero attached hydrogens (tertiary/aromatic N) is 2. The van der Waals surface area contributed by atoms with E-state index in [-0.39, 0.29) is 24.2 Å². The summed E-state index contributed by atoms with van der Waals surface area (Å²) in [7, 11) is 1.66. The van der Waals surface area contributed by atoms with Crippen LogP contribution in [0.2, 0.25) is 0 Å². The van der Waals surface area contributed by atoms with Crippen molar-refractivity contribution in [1.82, 2.24) is 15.1 Å². The molecule has 0 aromatic heterocycles. The van der Waals surface area contributed by atoms with Crippen LogP contribution in [0.3, 0.4) is 0 Å². The van der Waals surface area contributed by atoms with Crippen LogP contribution in [0.25, 0.3) is 0 Å². The summed E-state index contributed by atoms with van der Waals surface area (Å²) in [5.74, 6) is 0.921. The maximum absolute atomic E-state index is 12.8. The van der Waals surface area contributed by atoms with Crippen LogP contribution in [0.5, 0.6) is 5.75 Å². The second kappa shape index (κ2) is 8.70. The third-order valence-corrected chi connectivity index (χ3v) is 5.11. The first kappa shape index (κ1) is 19.0. The quantitative estimate of drug-likeness (QED) is 0.895. The van der Waals surface area contributed by atoms with Gasteiger partial charge >= 0.3 is 0 Å². The molecule has 2 aliphatic heterocycles. The zero-order valence-corrected chi connectivity index (χ0v) is 15.3. The minimum absolute atomic E-state index is 0. The van der Waals surface area contributed by atoms with E-state index < -0.39 is 0 Å². The molecule has 2 aliphatic rings. The highest BCUT2D eigenvalue weighted by Gasteiger charge is 2.33. The van der Waals surface area contributed by atoms with E-state index in [1.807, 2.05) is 36.1 Å². The number of nitrogens with one attached hydrogen (secondary N) is 1. The molecular weight excluding hydrogens is 326 g/mol. The first-order chi connectivity index (χ1) is 11.2. The third-order valence-electron chi connectivity index (χ3n) is 5.11. The van der Waals surface area contributed by atoms with Gasteiger partial charge < -0.3 is 15.0 Å². The Kier molecular flexibility index (Phi) is 6.90. The number of benzene rings is 1. The Morgan fingerprint density at radius 2 is 2.04 bits per heavy atom. The summed E-state index contributed by atoms with van der Waals surface area (Å²) in [6.07, 6.45) is 1.09. The molecule has 0 bridgehead atoms. The molecule has 2 atom stereocenters. The molecule has 6 heteroatoms. The van der Waals surface area contributed by atoms with Crippen molar-refractivity contribution in [3.8, 4) is 5.75 Å². The molecule has 5 nitrogen and oxygen atoms in total. The van der Waals surface area contributed by atoms with E-state index in [1.165, 1.54) is 0 Å². The minimum Gasteiger partial charge on any atom is -0.497 e. The average Bonchev–Trinajstić information content (AvgIpc) is 3.11. The van der Waals surface area contributed by atoms with Gasteiger partial charge in [-0.05, 0) is 31.0 Å². The van der Waals surface area contributed by atoms with Gasteiger partial charge in [0, 0.05) is 45.3 Å². The maximum atomic E-state index is 12.8. The number of amides is 1. The van der Waals surface area contributed by atoms with E-state index in [2.05, 4.69) is 10.2 Å². The van der Waals surface area contributed by atoms with Crippen LogP contribution in [0.4, 0.5) is 0 Å². The zero-order chi connectivity index (χ0) is 16.2. The number of hydrogen-bond donors (Lipinski definition) is 1. The molecule has 134 valence electrons. The lowest BCUT2D eigenvalue weighted by atomic mass is 9.99. The lowest BCUT2D eigenvalue weighted by molar-refractivity contribution is -0.131. The maximum Gasteiger partial charge on any atom is 0.229 e. The van der Waals surface area contributed by atoms with Crippen LogP contribution >= 0.6 is 12.4 Å². The number of carbonyl (C=O) groups is 1. The van der Waals surface area contributed by atoms with Gasteiger partial charge in [0.25, 0.3) is 0 Å². The molecule has 2 saturated heterocycles. The lowest BCUT2D eigenvalue weighted by Gasteiger charge is -2.32. The highest BCUT2D eigenvalue weighted by molar-refractivity contribution is 5.85. The minimum atomic E-state index is -0.119. The van der Waals surface area contributed by atoms with Gasteiger partial charge in [-0.25, -0.2) is 0 Å². The monoisotopic (exact) mass is 353 g/mol. The van der Waals surface area contributed by atoms with Gasteiger partial charge in [0.1, 0.15) is 5.75 Å². The summed E-state index contributed by atoms with van der Waals surface area (Å²) in [4.78, 5) is 17.4. The highest BCUT2D eigenvalue weighted by Crippen LogP contribution is 2.25. The summed E-state index contributed by atoms with van der Waals surface area (Å²) in [5.41, 5.74) is 1.03. The molecule has 2 unspecified atom stereocenters. The van der Waals surface area contributed by atoms with Crippen molar-refractivity contribution >= 4 is 18.3 Å². The van der Waals surface area contributed by atoms with Gasteiger partial charge in [-0.2, -0.15) is 0 Å². The fraction of sp³-hybridized carbons (Fsp3) is 0.611. The van der Waals surface area contributed by atoms with Crippen molar-refractivity contribution < 1.29 is 9.53 Å². The average molecular weight is 354 g/mol. The second-order valence-electron chi connectivity index (χ2n) is 6.51. The molecule has 2 heterocycles. The van der Waals surface area contributed by atoms with Gasteiger partial charge in [0.2, 0.25) is 5.91 Å². The first-order valence-corrected chi connectivity index (χ1v) is 8.56. The zero-order valence-electron chi connectivity index (χ0n) is 14.5. The third kappa shape index (κ3) is 4.21. The highest BCUT2D eigenvalue weighted by atomic mass is 35.5. The standard InChI is InChI=1S/C18H27N3O2.ClH/c1-14(15-4-3-5-17(12-15)23-2)18(22)21-9-6-16(13-21)20-10-7-19-8-11-20;/h3-5,12,14,16,19H,6-11,13H2,1-2H3;1H. The van der Waals surface area contributed by atoms with Gasteiger partial charge in [-0.3, -0.25) is 9.69 Å². The summed E-state index contributed by atoms with van der Waals surface area (Å²) in [5, 5.41) is 3.39. The molecule has 24 heavy (non-hydrogen) atoms. The number of ether oxygens (including phenoxy) is 1. The predicted octanol–water partition coefficient (Wildman–Crippen LogP) is 1.73. The molecule has 1 amide bonds. The molecule has 0 radical (unpaired) electrons. The number of piperazine rings is 1. The summed E-state index contributed by atoms with van der Waals surface area (Å²) < 4.78 is 5.27. The Labute approximate surface area is 150 Å². The normalized spacial score (nSPS) is 22.8. The Bertz CT molecular complexity index is 549. The molecule has 2 fully saturated rings. The molecule has 1 aromatic carbocycles. The van der Waals surface area contributed by atoms with Crippen LogP contribution < -0.4 is 10.1 Å². The van der Waals surface area contributed by atoms with E-state index in [0.29, 0.717) is 6.04 Å². The van der Waals surface area contributed by atoms with Crippen LogP contribution in [0.1, 0.15) is 24.8 Å². The van der Waals surface area contributed by atoms with Crippen molar-refractivity contribution in [2.45, 2.75) is 25.3 Å². The van der Waals surface area contributed by atoms with Crippen molar-refractivity contribution in [3.63, 3.8) is 0 Å². The van der Waals surface area contributed by atoms with Crippen LogP contribution in [0, 0.1) is 0 Å². The van der Waals surface area contributed by atoms with Gasteiger partial charge in [0.15, 0.2) is 0 Å². The molecule has 1 N–H and O–H groups in total. The summed E-state index contributed by atoms with van der Waals surface area (Å²) >= 11 is 0. The van der Waals surface area contributed by atoms with Crippen LogP contribution in [-0.2, 0) is 4.79 Å². The number of likely N-dealkylation sites (tertiary alicyclic amines) is 1. The van der Waals surface area contributed by atoms with Crippen LogP contribution in [-0.4, -0.2) is 68.1 Å². The van der Waals surface area contributed by atoms with Gasteiger partial charge in [0.05, 0.1) is 13.0 Å². The number of hydrogen-bond acceptors (Lipinski definition) is 4. The van der Waals surface area contributed by atoms with Gasteiger partial charge in [-0.1, -0.05) is 12.1 Å². The van der Waals surface area contributed by atoms with Gasteiger partial charge in [-0.15, -0.1) is 12.4 Å². The fourth-order valence-electron chi connectivity index (χ4n) is 3.61. The van der Waals surface area contributed by atoms with Crippen molar-refractivity contribution in [2.24, 2.45) is 0 Å². The Hall–Kier alpha value is -1.30. The van der Waals surface area contributed by atoms with Crippen LogP contribution in [0.15, 0.2) is 24.3 Å². The summed E-state index contributed by atoms with van der Waals surface area (Å²) in [6.45, 7) is 8.05. The largest absolute Gasteiger partial charge is 0.497 e. The van der Waals surface area contributed by atoms with E-state index >= 15 is 0 Å². The molecular formula is C18H28ClN3O2.